The minimum Gasteiger partial charge on any atom is -0.489 e. The number of carboxylic acids is 1. The molecule has 1 N–H and O–H groups in total. The highest BCUT2D eigenvalue weighted by Crippen LogP contribution is 2.40. The first-order valence-corrected chi connectivity index (χ1v) is 12.9. The second-order valence-corrected chi connectivity index (χ2v) is 11.1. The number of hydrogen-bond acceptors (Lipinski definition) is 3. The zero-order valence-corrected chi connectivity index (χ0v) is 20.4. The van der Waals surface area contributed by atoms with E-state index in [1.165, 1.54) is 32.7 Å². The van der Waals surface area contributed by atoms with Gasteiger partial charge >= 0.3 is 5.97 Å². The Bertz CT molecular complexity index is 955. The minimum atomic E-state index is -0.613. The predicted molar refractivity (Wildman–Crippen MR) is 131 cm³/mol. The molecule has 2 saturated heterocycles. The van der Waals surface area contributed by atoms with Gasteiger partial charge in [-0.05, 0) is 108 Å². The molecule has 0 amide bonds. The van der Waals surface area contributed by atoms with Gasteiger partial charge in [0.1, 0.15) is 5.75 Å². The Morgan fingerprint density at radius 1 is 1.06 bits per heavy atom. The quantitative estimate of drug-likeness (QED) is 0.463. The van der Waals surface area contributed by atoms with Crippen LogP contribution in [0.5, 0.6) is 5.75 Å². The van der Waals surface area contributed by atoms with Gasteiger partial charge in [-0.15, -0.1) is 0 Å². The van der Waals surface area contributed by atoms with Crippen LogP contribution in [0, 0.1) is 15.4 Å². The van der Waals surface area contributed by atoms with Crippen LogP contribution in [0.3, 0.4) is 0 Å². The van der Waals surface area contributed by atoms with Crippen LogP contribution in [0.25, 0.3) is 10.8 Å². The van der Waals surface area contributed by atoms with Crippen LogP contribution in [-0.2, 0) is 11.3 Å². The van der Waals surface area contributed by atoms with Crippen LogP contribution in [0.15, 0.2) is 30.3 Å². The van der Waals surface area contributed by atoms with Gasteiger partial charge in [-0.3, -0.25) is 9.69 Å². The summed E-state index contributed by atoms with van der Waals surface area (Å²) in [4.78, 5) is 14.0. The molecule has 166 valence electrons. The Labute approximate surface area is 198 Å². The van der Waals surface area contributed by atoms with Crippen LogP contribution in [-0.4, -0.2) is 34.2 Å². The number of halogens is 1. The monoisotopic (exact) mass is 533 g/mol. The molecule has 2 aromatic carbocycles. The van der Waals surface area contributed by atoms with E-state index in [1.807, 2.05) is 0 Å². The van der Waals surface area contributed by atoms with Crippen molar-refractivity contribution in [2.45, 2.75) is 83.0 Å². The summed E-state index contributed by atoms with van der Waals surface area (Å²) in [5.74, 6) is 1.09. The zero-order valence-electron chi connectivity index (χ0n) is 18.2. The SMILES string of the molecule is CC1CCC(Oc2ccc3cc(CN4C5CCC4CC(C(=O)O)C5)ccc3c2I)CC1. The highest BCUT2D eigenvalue weighted by Gasteiger charge is 2.42. The third kappa shape index (κ3) is 4.45. The molecule has 1 aliphatic carbocycles. The summed E-state index contributed by atoms with van der Waals surface area (Å²) in [5, 5.41) is 12.0. The average Bonchev–Trinajstić information content (AvgIpc) is 2.98. The highest BCUT2D eigenvalue weighted by molar-refractivity contribution is 14.1. The second kappa shape index (κ2) is 8.89. The lowest BCUT2D eigenvalue weighted by Gasteiger charge is -2.37. The second-order valence-electron chi connectivity index (χ2n) is 10.00. The molecular weight excluding hydrogens is 501 g/mol. The third-order valence-electron chi connectivity index (χ3n) is 7.84. The van der Waals surface area contributed by atoms with Crippen molar-refractivity contribution >= 4 is 39.3 Å². The number of fused-ring (bicyclic) bond motifs is 3. The van der Waals surface area contributed by atoms with Crippen LogP contribution in [0.4, 0.5) is 0 Å². The van der Waals surface area contributed by atoms with Crippen molar-refractivity contribution in [2.75, 3.05) is 0 Å². The van der Waals surface area contributed by atoms with E-state index in [9.17, 15) is 9.90 Å². The van der Waals surface area contributed by atoms with Crippen LogP contribution >= 0.6 is 22.6 Å². The number of carboxylic acid groups (broad SMARTS) is 1. The molecule has 2 unspecified atom stereocenters. The maximum atomic E-state index is 11.5. The van der Waals surface area contributed by atoms with E-state index in [-0.39, 0.29) is 5.92 Å². The fraction of sp³-hybridized carbons (Fsp3) is 0.577. The Kier molecular flexibility index (Phi) is 6.17. The summed E-state index contributed by atoms with van der Waals surface area (Å²) in [7, 11) is 0. The summed E-state index contributed by atoms with van der Waals surface area (Å²) < 4.78 is 7.61. The molecule has 2 heterocycles. The number of aliphatic carboxylic acids is 1. The molecule has 2 aliphatic heterocycles. The zero-order chi connectivity index (χ0) is 21.5. The molecule has 3 aliphatic rings. The Balaban J connectivity index is 1.30. The first kappa shape index (κ1) is 21.5. The molecule has 1 saturated carbocycles. The number of rotatable bonds is 5. The number of piperidine rings is 1. The summed E-state index contributed by atoms with van der Waals surface area (Å²) in [5.41, 5.74) is 1.32. The topological polar surface area (TPSA) is 49.8 Å². The van der Waals surface area contributed by atoms with Crippen LogP contribution in [0.1, 0.15) is 63.9 Å². The fourth-order valence-electron chi connectivity index (χ4n) is 5.98. The largest absolute Gasteiger partial charge is 0.489 e. The summed E-state index contributed by atoms with van der Waals surface area (Å²) >= 11 is 2.44. The standard InChI is InChI=1S/C26H32INO3/c1-16-2-8-22(9-3-16)31-24-11-5-18-12-17(4-10-23(18)25(24)27)15-28-20-6-7-21(28)14-19(13-20)26(29)30/h4-5,10-12,16,19-22H,2-3,6-9,13-15H2,1H3,(H,29,30). The molecule has 3 fully saturated rings. The van der Waals surface area contributed by atoms with Crippen molar-refractivity contribution in [1.82, 2.24) is 4.90 Å². The van der Waals surface area contributed by atoms with E-state index >= 15 is 0 Å². The maximum Gasteiger partial charge on any atom is 0.306 e. The van der Waals surface area contributed by atoms with Gasteiger partial charge in [0.05, 0.1) is 15.6 Å². The minimum absolute atomic E-state index is 0.155. The lowest BCUT2D eigenvalue weighted by atomic mass is 9.89. The van der Waals surface area contributed by atoms with Gasteiger partial charge in [0.15, 0.2) is 0 Å². The lowest BCUT2D eigenvalue weighted by Crippen LogP contribution is -2.44. The summed E-state index contributed by atoms with van der Waals surface area (Å²) in [6, 6.07) is 12.0. The maximum absolute atomic E-state index is 11.5. The first-order valence-electron chi connectivity index (χ1n) is 11.8. The van der Waals surface area contributed by atoms with Crippen molar-refractivity contribution < 1.29 is 14.6 Å². The van der Waals surface area contributed by atoms with Gasteiger partial charge < -0.3 is 9.84 Å². The van der Waals surface area contributed by atoms with Crippen LogP contribution < -0.4 is 4.74 Å². The molecule has 31 heavy (non-hydrogen) atoms. The molecule has 0 spiro atoms. The van der Waals surface area contributed by atoms with Gasteiger partial charge in [-0.2, -0.15) is 0 Å². The van der Waals surface area contributed by atoms with Crippen molar-refractivity contribution in [1.29, 1.82) is 0 Å². The molecule has 2 aromatic rings. The van der Waals surface area contributed by atoms with E-state index in [2.05, 4.69) is 64.7 Å². The number of benzene rings is 2. The van der Waals surface area contributed by atoms with Crippen molar-refractivity contribution in [2.24, 2.45) is 11.8 Å². The van der Waals surface area contributed by atoms with E-state index in [0.717, 1.165) is 56.7 Å². The lowest BCUT2D eigenvalue weighted by molar-refractivity contribution is -0.144. The molecule has 2 bridgehead atoms. The molecule has 5 rings (SSSR count). The highest BCUT2D eigenvalue weighted by atomic mass is 127. The first-order chi connectivity index (χ1) is 15.0. The van der Waals surface area contributed by atoms with E-state index in [4.69, 9.17) is 4.74 Å². The Hall–Kier alpha value is -1.34. The van der Waals surface area contributed by atoms with Gasteiger partial charge in [0.25, 0.3) is 0 Å². The van der Waals surface area contributed by atoms with Crippen molar-refractivity contribution in [3.8, 4) is 5.75 Å². The molecule has 0 aromatic heterocycles. The smallest absolute Gasteiger partial charge is 0.306 e. The van der Waals surface area contributed by atoms with Gasteiger partial charge in [-0.25, -0.2) is 0 Å². The summed E-state index contributed by atoms with van der Waals surface area (Å²) in [6.07, 6.45) is 9.10. The van der Waals surface area contributed by atoms with Gasteiger partial charge in [0, 0.05) is 18.6 Å². The molecule has 5 heteroatoms. The number of ether oxygens (including phenoxy) is 1. The number of carbonyl (C=O) groups is 1. The molecular formula is C26H32INO3. The van der Waals surface area contributed by atoms with Gasteiger partial charge in [-0.1, -0.05) is 25.1 Å². The normalized spacial score (nSPS) is 31.1. The number of nitrogens with zero attached hydrogens (tertiary/aromatic N) is 1. The Morgan fingerprint density at radius 2 is 1.77 bits per heavy atom. The molecule has 0 radical (unpaired) electrons. The van der Waals surface area contributed by atoms with Crippen LogP contribution in [0.2, 0.25) is 0 Å². The predicted octanol–water partition coefficient (Wildman–Crippen LogP) is 6.23. The summed E-state index contributed by atoms with van der Waals surface area (Å²) in [6.45, 7) is 3.26. The molecule has 4 nitrogen and oxygen atoms in total. The average molecular weight is 533 g/mol. The van der Waals surface area contributed by atoms with Crippen molar-refractivity contribution in [3.05, 3.63) is 39.5 Å². The van der Waals surface area contributed by atoms with E-state index in [0.29, 0.717) is 18.2 Å². The third-order valence-corrected chi connectivity index (χ3v) is 8.95. The van der Waals surface area contributed by atoms with E-state index in [1.54, 1.807) is 0 Å². The van der Waals surface area contributed by atoms with Gasteiger partial charge in [0.2, 0.25) is 0 Å². The molecule has 2 atom stereocenters. The fourth-order valence-corrected chi connectivity index (χ4v) is 6.78. The number of hydrogen-bond donors (Lipinski definition) is 1. The van der Waals surface area contributed by atoms with E-state index < -0.39 is 5.97 Å². The Morgan fingerprint density at radius 3 is 2.45 bits per heavy atom. The van der Waals surface area contributed by atoms with Crippen molar-refractivity contribution in [3.63, 3.8) is 0 Å².